The van der Waals surface area contributed by atoms with Crippen molar-refractivity contribution in [3.05, 3.63) is 41.2 Å². The molecule has 0 bridgehead atoms. The SMILES string of the molecule is N#Cc1ccc(-n2cc(N)cn2)cc1Cl. The van der Waals surface area contributed by atoms with Crippen molar-refractivity contribution in [2.45, 2.75) is 0 Å². The van der Waals surface area contributed by atoms with Crippen LogP contribution in [0.4, 0.5) is 5.69 Å². The standard InChI is InChI=1S/C10H7ClN4/c11-10-3-9(2-1-7(10)4-12)15-6-8(13)5-14-15/h1-3,5-6H,13H2. The summed E-state index contributed by atoms with van der Waals surface area (Å²) in [6.07, 6.45) is 3.23. The third kappa shape index (κ3) is 1.78. The molecule has 4 nitrogen and oxygen atoms in total. The van der Waals surface area contributed by atoms with E-state index in [4.69, 9.17) is 22.6 Å². The molecule has 5 heteroatoms. The molecule has 1 heterocycles. The molecule has 0 atom stereocenters. The Hall–Kier alpha value is -1.99. The minimum atomic E-state index is 0.407. The maximum absolute atomic E-state index is 8.71. The number of nitrogens with zero attached hydrogens (tertiary/aromatic N) is 3. The van der Waals surface area contributed by atoms with Crippen LogP contribution < -0.4 is 5.73 Å². The first-order valence-electron chi connectivity index (χ1n) is 4.21. The molecule has 0 aliphatic rings. The van der Waals surface area contributed by atoms with Gasteiger partial charge in [0.25, 0.3) is 0 Å². The Bertz CT molecular complexity index is 539. The third-order valence-corrected chi connectivity index (χ3v) is 2.25. The summed E-state index contributed by atoms with van der Waals surface area (Å²) < 4.78 is 1.60. The Balaban J connectivity index is 2.48. The van der Waals surface area contributed by atoms with E-state index in [1.165, 1.54) is 0 Å². The van der Waals surface area contributed by atoms with Crippen LogP contribution in [0.5, 0.6) is 0 Å². The molecule has 15 heavy (non-hydrogen) atoms. The molecule has 74 valence electrons. The maximum atomic E-state index is 8.71. The second-order valence-corrected chi connectivity index (χ2v) is 3.40. The van der Waals surface area contributed by atoms with Gasteiger partial charge in [-0.2, -0.15) is 10.4 Å². The van der Waals surface area contributed by atoms with E-state index in [1.807, 2.05) is 6.07 Å². The number of nitriles is 1. The molecule has 1 aromatic carbocycles. The highest BCUT2D eigenvalue weighted by atomic mass is 35.5. The minimum Gasteiger partial charge on any atom is -0.396 e. The van der Waals surface area contributed by atoms with E-state index in [9.17, 15) is 0 Å². The van der Waals surface area contributed by atoms with Crippen molar-refractivity contribution < 1.29 is 0 Å². The van der Waals surface area contributed by atoms with Gasteiger partial charge in [-0.1, -0.05) is 11.6 Å². The topological polar surface area (TPSA) is 67.6 Å². The number of hydrogen-bond donors (Lipinski definition) is 1. The minimum absolute atomic E-state index is 0.407. The fourth-order valence-electron chi connectivity index (χ4n) is 1.22. The molecule has 2 N–H and O–H groups in total. The first-order valence-corrected chi connectivity index (χ1v) is 4.58. The third-order valence-electron chi connectivity index (χ3n) is 1.94. The molecule has 0 spiro atoms. The highest BCUT2D eigenvalue weighted by Crippen LogP contribution is 2.19. The summed E-state index contributed by atoms with van der Waals surface area (Å²) in [5.41, 5.74) is 7.34. The van der Waals surface area contributed by atoms with Gasteiger partial charge in [0.2, 0.25) is 0 Å². The summed E-state index contributed by atoms with van der Waals surface area (Å²) in [5.74, 6) is 0. The number of anilines is 1. The van der Waals surface area contributed by atoms with Crippen molar-refractivity contribution in [2.75, 3.05) is 5.73 Å². The summed E-state index contributed by atoms with van der Waals surface area (Å²) in [6.45, 7) is 0. The van der Waals surface area contributed by atoms with Gasteiger partial charge in [0.1, 0.15) is 6.07 Å². The predicted molar refractivity (Wildman–Crippen MR) is 57.7 cm³/mol. The van der Waals surface area contributed by atoms with Crippen LogP contribution in [0.25, 0.3) is 5.69 Å². The van der Waals surface area contributed by atoms with Gasteiger partial charge in [-0.3, -0.25) is 0 Å². The van der Waals surface area contributed by atoms with Gasteiger partial charge in [0, 0.05) is 0 Å². The lowest BCUT2D eigenvalue weighted by atomic mass is 10.2. The second kappa shape index (κ2) is 3.64. The van der Waals surface area contributed by atoms with Crippen molar-refractivity contribution >= 4 is 17.3 Å². The molecule has 0 aliphatic carbocycles. The molecule has 0 aliphatic heterocycles. The molecule has 0 saturated heterocycles. The van der Waals surface area contributed by atoms with Gasteiger partial charge < -0.3 is 5.73 Å². The van der Waals surface area contributed by atoms with Gasteiger partial charge in [0.15, 0.2) is 0 Å². The zero-order chi connectivity index (χ0) is 10.8. The van der Waals surface area contributed by atoms with Gasteiger partial charge in [0.05, 0.1) is 34.4 Å². The number of nitrogen functional groups attached to an aromatic ring is 1. The number of nitrogens with two attached hydrogens (primary N) is 1. The van der Waals surface area contributed by atoms with Crippen LogP contribution in [0, 0.1) is 11.3 Å². The molecule has 0 amide bonds. The first kappa shape index (κ1) is 9.56. The average Bonchev–Trinajstić information content (AvgIpc) is 2.65. The predicted octanol–water partition coefficient (Wildman–Crippen LogP) is 1.98. The fourth-order valence-corrected chi connectivity index (χ4v) is 1.43. The number of rotatable bonds is 1. The lowest BCUT2D eigenvalue weighted by Crippen LogP contribution is -1.94. The van der Waals surface area contributed by atoms with Crippen molar-refractivity contribution in [3.8, 4) is 11.8 Å². The monoisotopic (exact) mass is 218 g/mol. The maximum Gasteiger partial charge on any atom is 0.101 e. The molecule has 0 saturated carbocycles. The van der Waals surface area contributed by atoms with Crippen LogP contribution >= 0.6 is 11.6 Å². The Labute approximate surface area is 91.5 Å². The number of hydrogen-bond acceptors (Lipinski definition) is 3. The zero-order valence-electron chi connectivity index (χ0n) is 7.68. The molecule has 0 radical (unpaired) electrons. The molecule has 1 aromatic heterocycles. The number of benzene rings is 1. The van der Waals surface area contributed by atoms with Crippen LogP contribution in [0.15, 0.2) is 30.6 Å². The normalized spacial score (nSPS) is 9.87. The fraction of sp³-hybridized carbons (Fsp3) is 0. The molecule has 2 rings (SSSR count). The van der Waals surface area contributed by atoms with E-state index in [-0.39, 0.29) is 0 Å². The van der Waals surface area contributed by atoms with Gasteiger partial charge in [-0.15, -0.1) is 0 Å². The van der Waals surface area contributed by atoms with Crippen LogP contribution in [-0.4, -0.2) is 9.78 Å². The van der Waals surface area contributed by atoms with Crippen LogP contribution in [0.1, 0.15) is 5.56 Å². The average molecular weight is 219 g/mol. The summed E-state index contributed by atoms with van der Waals surface area (Å²) in [7, 11) is 0. The van der Waals surface area contributed by atoms with Crippen molar-refractivity contribution in [2.24, 2.45) is 0 Å². The zero-order valence-corrected chi connectivity index (χ0v) is 8.44. The van der Waals surface area contributed by atoms with Gasteiger partial charge in [-0.25, -0.2) is 4.68 Å². The van der Waals surface area contributed by atoms with E-state index in [0.29, 0.717) is 16.3 Å². The number of aromatic nitrogens is 2. The van der Waals surface area contributed by atoms with E-state index in [2.05, 4.69) is 5.10 Å². The lowest BCUT2D eigenvalue weighted by Gasteiger charge is -2.02. The molecular weight excluding hydrogens is 212 g/mol. The Morgan fingerprint density at radius 2 is 2.27 bits per heavy atom. The smallest absolute Gasteiger partial charge is 0.101 e. The van der Waals surface area contributed by atoms with E-state index in [0.717, 1.165) is 5.69 Å². The summed E-state index contributed by atoms with van der Waals surface area (Å²) in [4.78, 5) is 0. The largest absolute Gasteiger partial charge is 0.396 e. The van der Waals surface area contributed by atoms with E-state index >= 15 is 0 Å². The van der Waals surface area contributed by atoms with Crippen LogP contribution in [-0.2, 0) is 0 Å². The van der Waals surface area contributed by atoms with Crippen molar-refractivity contribution in [3.63, 3.8) is 0 Å². The van der Waals surface area contributed by atoms with Crippen molar-refractivity contribution in [1.82, 2.24) is 9.78 Å². The quantitative estimate of drug-likeness (QED) is 0.796. The molecule has 0 unspecified atom stereocenters. The summed E-state index contributed by atoms with van der Waals surface area (Å²) >= 11 is 5.89. The van der Waals surface area contributed by atoms with E-state index in [1.54, 1.807) is 35.3 Å². The highest BCUT2D eigenvalue weighted by Gasteiger charge is 2.03. The Kier molecular flexibility index (Phi) is 2.32. The molecular formula is C10H7ClN4. The number of halogens is 1. The van der Waals surface area contributed by atoms with Crippen LogP contribution in [0.2, 0.25) is 5.02 Å². The Morgan fingerprint density at radius 3 is 2.80 bits per heavy atom. The van der Waals surface area contributed by atoms with Gasteiger partial charge in [-0.05, 0) is 18.2 Å². The highest BCUT2D eigenvalue weighted by molar-refractivity contribution is 6.31. The van der Waals surface area contributed by atoms with Gasteiger partial charge >= 0.3 is 0 Å². The molecule has 0 fully saturated rings. The Morgan fingerprint density at radius 1 is 1.47 bits per heavy atom. The summed E-state index contributed by atoms with van der Waals surface area (Å²) in [6, 6.07) is 7.08. The van der Waals surface area contributed by atoms with Crippen molar-refractivity contribution in [1.29, 1.82) is 5.26 Å². The van der Waals surface area contributed by atoms with Crippen LogP contribution in [0.3, 0.4) is 0 Å². The molecule has 2 aromatic rings. The van der Waals surface area contributed by atoms with E-state index < -0.39 is 0 Å². The lowest BCUT2D eigenvalue weighted by molar-refractivity contribution is 0.880. The first-order chi connectivity index (χ1) is 7.20. The second-order valence-electron chi connectivity index (χ2n) is 2.99. The summed E-state index contributed by atoms with van der Waals surface area (Å²) in [5, 5.41) is 13.1.